The molecule has 0 N–H and O–H groups in total. The highest BCUT2D eigenvalue weighted by atomic mass is 19.3. The molecule has 1 saturated heterocycles. The van der Waals surface area contributed by atoms with Crippen LogP contribution in [0.2, 0.25) is 0 Å². The third kappa shape index (κ3) is 4.27. The van der Waals surface area contributed by atoms with Crippen molar-refractivity contribution in [3.8, 4) is 17.7 Å². The van der Waals surface area contributed by atoms with Gasteiger partial charge < -0.3 is 4.74 Å². The second-order valence-corrected chi connectivity index (χ2v) is 7.59. The maximum atomic E-state index is 13.7. The van der Waals surface area contributed by atoms with Gasteiger partial charge in [0.05, 0.1) is 31.0 Å². The van der Waals surface area contributed by atoms with Gasteiger partial charge in [0.2, 0.25) is 5.88 Å². The van der Waals surface area contributed by atoms with E-state index in [0.717, 1.165) is 6.20 Å². The van der Waals surface area contributed by atoms with Gasteiger partial charge in [0.25, 0.3) is 0 Å². The summed E-state index contributed by atoms with van der Waals surface area (Å²) in [5, 5.41) is 4.80. The van der Waals surface area contributed by atoms with E-state index < -0.39 is 18.6 Å². The minimum atomic E-state index is -2.75. The summed E-state index contributed by atoms with van der Waals surface area (Å²) >= 11 is 0. The first kappa shape index (κ1) is 21.8. The van der Waals surface area contributed by atoms with Crippen LogP contribution in [0.15, 0.2) is 48.9 Å². The summed E-state index contributed by atoms with van der Waals surface area (Å²) in [5.74, 6) is 5.47. The molecule has 5 rings (SSSR count). The van der Waals surface area contributed by atoms with Crippen molar-refractivity contribution in [2.45, 2.75) is 19.0 Å². The molecule has 0 bridgehead atoms. The minimum Gasteiger partial charge on any atom is -0.474 e. The molecule has 0 radical (unpaired) electrons. The third-order valence-corrected chi connectivity index (χ3v) is 5.39. The number of urea groups is 1. The number of hydrogen-bond donors (Lipinski definition) is 0. The van der Waals surface area contributed by atoms with Gasteiger partial charge in [-0.2, -0.15) is 18.9 Å². The molecule has 2 amide bonds. The molecule has 2 aliphatic rings. The molecule has 2 aliphatic heterocycles. The molecule has 1 aromatic carbocycles. The Morgan fingerprint density at radius 2 is 2.00 bits per heavy atom. The van der Waals surface area contributed by atoms with E-state index in [1.807, 2.05) is 0 Å². The quantitative estimate of drug-likeness (QED) is 0.533. The van der Waals surface area contributed by atoms with Crippen molar-refractivity contribution in [3.63, 3.8) is 0 Å². The van der Waals surface area contributed by atoms with Gasteiger partial charge in [-0.25, -0.2) is 18.9 Å². The number of nitrogens with zero attached hydrogens (tertiary/aromatic N) is 5. The van der Waals surface area contributed by atoms with Gasteiger partial charge >= 0.3 is 12.6 Å². The Balaban J connectivity index is 1.40. The summed E-state index contributed by atoms with van der Waals surface area (Å²) in [6.07, 6.45) is 4.38. The molecule has 8 nitrogen and oxygen atoms in total. The lowest BCUT2D eigenvalue weighted by Gasteiger charge is -2.33. The molecule has 3 aromatic rings. The summed E-state index contributed by atoms with van der Waals surface area (Å²) in [6, 6.07) is 6.85. The molecule has 11 heteroatoms. The molecule has 1 unspecified atom stereocenters. The Morgan fingerprint density at radius 1 is 1.15 bits per heavy atom. The normalized spacial score (nSPS) is 17.2. The van der Waals surface area contributed by atoms with E-state index in [1.165, 1.54) is 34.5 Å². The fourth-order valence-electron chi connectivity index (χ4n) is 3.81. The largest absolute Gasteiger partial charge is 0.474 e. The number of alkyl halides is 2. The topological polar surface area (TPSA) is 72.7 Å². The number of halogens is 3. The van der Waals surface area contributed by atoms with Crippen molar-refractivity contribution < 1.29 is 27.5 Å². The van der Waals surface area contributed by atoms with Crippen molar-refractivity contribution in [3.05, 3.63) is 71.4 Å². The number of rotatable bonds is 2. The smallest absolute Gasteiger partial charge is 0.349 e. The summed E-state index contributed by atoms with van der Waals surface area (Å²) in [4.78, 5) is 24.7. The van der Waals surface area contributed by atoms with Gasteiger partial charge in [0.1, 0.15) is 18.1 Å². The molecular formula is C23H18F3N5O3. The molecule has 2 aromatic heterocycles. The molecule has 1 atom stereocenters. The van der Waals surface area contributed by atoms with E-state index in [-0.39, 0.29) is 24.8 Å². The van der Waals surface area contributed by atoms with Gasteiger partial charge in [0, 0.05) is 24.4 Å². The molecule has 1 fully saturated rings. The lowest BCUT2D eigenvalue weighted by Crippen LogP contribution is -2.46. The number of carbonyl (C=O) groups is 1. The summed E-state index contributed by atoms with van der Waals surface area (Å²) in [6.45, 7) is -1.94. The zero-order valence-electron chi connectivity index (χ0n) is 17.7. The number of pyridine rings is 1. The van der Waals surface area contributed by atoms with Crippen LogP contribution in [-0.4, -0.2) is 45.6 Å². The second-order valence-electron chi connectivity index (χ2n) is 7.59. The Hall–Kier alpha value is -4.04. The van der Waals surface area contributed by atoms with Crippen LogP contribution < -0.4 is 9.64 Å². The van der Waals surface area contributed by atoms with Crippen LogP contribution in [0.5, 0.6) is 5.88 Å². The van der Waals surface area contributed by atoms with Crippen LogP contribution in [0.4, 0.5) is 23.7 Å². The molecule has 34 heavy (non-hydrogen) atoms. The summed E-state index contributed by atoms with van der Waals surface area (Å²) < 4.78 is 45.2. The number of aromatic nitrogens is 3. The Bertz CT molecular complexity index is 1290. The molecule has 0 spiro atoms. The lowest BCUT2D eigenvalue weighted by molar-refractivity contribution is -0.0855. The number of ether oxygens (including phenoxy) is 1. The first-order chi connectivity index (χ1) is 16.5. The van der Waals surface area contributed by atoms with Crippen LogP contribution in [-0.2, 0) is 4.84 Å². The van der Waals surface area contributed by atoms with Crippen LogP contribution in [0.25, 0.3) is 0 Å². The predicted octanol–water partition coefficient (Wildman–Crippen LogP) is 3.91. The van der Waals surface area contributed by atoms with Crippen molar-refractivity contribution in [2.24, 2.45) is 0 Å². The average molecular weight is 469 g/mol. The number of carbonyl (C=O) groups excluding carboxylic acids is 1. The highest BCUT2D eigenvalue weighted by Crippen LogP contribution is 2.36. The zero-order chi connectivity index (χ0) is 23.7. The number of hydrogen-bond acceptors (Lipinski definition) is 5. The number of hydroxylamine groups is 2. The van der Waals surface area contributed by atoms with Gasteiger partial charge in [-0.15, -0.1) is 0 Å². The van der Waals surface area contributed by atoms with Gasteiger partial charge in [0.15, 0.2) is 0 Å². The predicted molar refractivity (Wildman–Crippen MR) is 113 cm³/mol. The standard InChI is InChI=1S/C23H18F3N5O3/c24-18-3-1-2-17(11-18)19-6-8-34-31(19)23(32)29-7-9-33-21-20(29)10-15(12-27-21)4-5-16-13-28-30(14-16)22(25)26/h1-3,10-14,19,22H,6-9H2. The number of anilines is 1. The molecule has 0 aliphatic carbocycles. The summed E-state index contributed by atoms with van der Waals surface area (Å²) in [5.41, 5.74) is 1.81. The van der Waals surface area contributed by atoms with Gasteiger partial charge in [-0.3, -0.25) is 9.74 Å². The van der Waals surface area contributed by atoms with Crippen LogP contribution in [0.3, 0.4) is 0 Å². The Labute approximate surface area is 192 Å². The first-order valence-corrected chi connectivity index (χ1v) is 10.5. The lowest BCUT2D eigenvalue weighted by atomic mass is 10.0. The highest BCUT2D eigenvalue weighted by Gasteiger charge is 2.37. The third-order valence-electron chi connectivity index (χ3n) is 5.39. The summed E-state index contributed by atoms with van der Waals surface area (Å²) in [7, 11) is 0. The SMILES string of the molecule is O=C(N1CCOc2ncc(C#Cc3cnn(C(F)F)c3)cc21)N1OCCC1c1cccc(F)c1. The molecule has 174 valence electrons. The van der Waals surface area contributed by atoms with Crippen molar-refractivity contribution >= 4 is 11.7 Å². The fraction of sp³-hybridized carbons (Fsp3) is 0.261. The van der Waals surface area contributed by atoms with Crippen LogP contribution in [0.1, 0.15) is 35.7 Å². The number of amides is 2. The minimum absolute atomic E-state index is 0.238. The second kappa shape index (κ2) is 9.07. The number of fused-ring (bicyclic) bond motifs is 1. The van der Waals surface area contributed by atoms with Crippen molar-refractivity contribution in [1.29, 1.82) is 0 Å². The zero-order valence-corrected chi connectivity index (χ0v) is 17.7. The van der Waals surface area contributed by atoms with E-state index >= 15 is 0 Å². The molecular weight excluding hydrogens is 451 g/mol. The van der Waals surface area contributed by atoms with E-state index in [2.05, 4.69) is 21.9 Å². The van der Waals surface area contributed by atoms with E-state index in [0.29, 0.717) is 40.1 Å². The monoisotopic (exact) mass is 469 g/mol. The first-order valence-electron chi connectivity index (χ1n) is 10.5. The van der Waals surface area contributed by atoms with E-state index in [1.54, 1.807) is 18.2 Å². The molecule has 0 saturated carbocycles. The average Bonchev–Trinajstić information content (AvgIpc) is 3.52. The van der Waals surface area contributed by atoms with Crippen molar-refractivity contribution in [1.82, 2.24) is 19.8 Å². The maximum absolute atomic E-state index is 13.7. The fourth-order valence-corrected chi connectivity index (χ4v) is 3.81. The van der Waals surface area contributed by atoms with Gasteiger partial charge in [-0.05, 0) is 23.8 Å². The van der Waals surface area contributed by atoms with Crippen LogP contribution in [0, 0.1) is 17.7 Å². The Morgan fingerprint density at radius 3 is 2.79 bits per heavy atom. The Kier molecular flexibility index (Phi) is 5.81. The maximum Gasteiger partial charge on any atom is 0.349 e. The highest BCUT2D eigenvalue weighted by molar-refractivity contribution is 5.93. The molecule has 4 heterocycles. The van der Waals surface area contributed by atoms with Gasteiger partial charge in [-0.1, -0.05) is 24.0 Å². The van der Waals surface area contributed by atoms with E-state index in [4.69, 9.17) is 9.57 Å². The van der Waals surface area contributed by atoms with E-state index in [9.17, 15) is 18.0 Å². The van der Waals surface area contributed by atoms with Crippen molar-refractivity contribution in [2.75, 3.05) is 24.7 Å². The number of benzene rings is 1. The van der Waals surface area contributed by atoms with Crippen LogP contribution >= 0.6 is 0 Å².